The highest BCUT2D eigenvalue weighted by molar-refractivity contribution is 5.67. The molecule has 1 aliphatic rings. The second-order valence-corrected chi connectivity index (χ2v) is 2.81. The summed E-state index contributed by atoms with van der Waals surface area (Å²) in [5, 5.41) is 0. The lowest BCUT2D eigenvalue weighted by atomic mass is 10.1. The van der Waals surface area contributed by atoms with E-state index in [9.17, 15) is 4.79 Å². The predicted molar refractivity (Wildman–Crippen MR) is 41.1 cm³/mol. The first kappa shape index (κ1) is 8.33. The molecule has 1 heterocycles. The molecule has 2 N–H and O–H groups in total. The third-order valence-electron chi connectivity index (χ3n) is 2.05. The van der Waals surface area contributed by atoms with Crippen molar-refractivity contribution >= 4 is 6.09 Å². The number of amides is 1. The van der Waals surface area contributed by atoms with Crippen LogP contribution in [0.1, 0.15) is 6.42 Å². The number of nitrogens with two attached hydrogens (primary N) is 1. The van der Waals surface area contributed by atoms with Gasteiger partial charge in [0.2, 0.25) is 0 Å². The van der Waals surface area contributed by atoms with E-state index >= 15 is 0 Å². The molecule has 4 nitrogen and oxygen atoms in total. The molecule has 0 saturated carbocycles. The summed E-state index contributed by atoms with van der Waals surface area (Å²) in [5.41, 5.74) is 5.46. The van der Waals surface area contributed by atoms with Gasteiger partial charge in [0.1, 0.15) is 0 Å². The second-order valence-electron chi connectivity index (χ2n) is 2.81. The van der Waals surface area contributed by atoms with Crippen molar-refractivity contribution in [3.8, 4) is 0 Å². The number of rotatable bonds is 1. The number of hydrogen-bond donors (Lipinski definition) is 1. The molecule has 1 fully saturated rings. The highest BCUT2D eigenvalue weighted by atomic mass is 16.5. The van der Waals surface area contributed by atoms with E-state index in [2.05, 4.69) is 4.74 Å². The van der Waals surface area contributed by atoms with Crippen molar-refractivity contribution < 1.29 is 9.53 Å². The lowest BCUT2D eigenvalue weighted by Crippen LogP contribution is -2.29. The smallest absolute Gasteiger partial charge is 0.409 e. The summed E-state index contributed by atoms with van der Waals surface area (Å²) in [7, 11) is 1.40. The Morgan fingerprint density at radius 3 is 3.00 bits per heavy atom. The van der Waals surface area contributed by atoms with Gasteiger partial charge < -0.3 is 15.4 Å². The predicted octanol–water partition coefficient (Wildman–Crippen LogP) is 0.0334. The van der Waals surface area contributed by atoms with E-state index in [0.717, 1.165) is 19.5 Å². The molecule has 0 aliphatic carbocycles. The average Bonchev–Trinajstić information content (AvgIpc) is 2.50. The minimum atomic E-state index is -0.235. The summed E-state index contributed by atoms with van der Waals surface area (Å²) in [6, 6.07) is 0. The Morgan fingerprint density at radius 2 is 2.55 bits per heavy atom. The number of methoxy groups -OCH3 is 1. The van der Waals surface area contributed by atoms with Gasteiger partial charge in [-0.15, -0.1) is 0 Å². The Kier molecular flexibility index (Phi) is 2.70. The maximum Gasteiger partial charge on any atom is 0.409 e. The quantitative estimate of drug-likeness (QED) is 0.586. The van der Waals surface area contributed by atoms with Gasteiger partial charge in [0.15, 0.2) is 0 Å². The number of likely N-dealkylation sites (tertiary alicyclic amines) is 1. The van der Waals surface area contributed by atoms with Gasteiger partial charge >= 0.3 is 6.09 Å². The molecule has 0 aromatic heterocycles. The van der Waals surface area contributed by atoms with Crippen LogP contribution in [0, 0.1) is 5.92 Å². The first-order chi connectivity index (χ1) is 5.27. The van der Waals surface area contributed by atoms with Crippen LogP contribution in [-0.4, -0.2) is 37.7 Å². The minimum Gasteiger partial charge on any atom is -0.453 e. The fourth-order valence-corrected chi connectivity index (χ4v) is 1.32. The molecule has 4 heteroatoms. The van der Waals surface area contributed by atoms with Crippen molar-refractivity contribution in [1.29, 1.82) is 0 Å². The van der Waals surface area contributed by atoms with E-state index in [4.69, 9.17) is 5.73 Å². The SMILES string of the molecule is COC(=O)N1CC[C@H](CN)C1. The van der Waals surface area contributed by atoms with Crippen LogP contribution in [0.2, 0.25) is 0 Å². The van der Waals surface area contributed by atoms with Gasteiger partial charge in [-0.3, -0.25) is 0 Å². The number of nitrogens with zero attached hydrogens (tertiary/aromatic N) is 1. The molecule has 64 valence electrons. The average molecular weight is 158 g/mol. The van der Waals surface area contributed by atoms with Crippen molar-refractivity contribution in [2.75, 3.05) is 26.7 Å². The summed E-state index contributed by atoms with van der Waals surface area (Å²) in [6.45, 7) is 2.20. The van der Waals surface area contributed by atoms with Crippen LogP contribution in [0.5, 0.6) is 0 Å². The van der Waals surface area contributed by atoms with Gasteiger partial charge in [0.05, 0.1) is 7.11 Å². The number of carbonyl (C=O) groups excluding carboxylic acids is 1. The Bertz CT molecular complexity index is 149. The molecule has 1 saturated heterocycles. The van der Waals surface area contributed by atoms with Crippen LogP contribution in [-0.2, 0) is 4.74 Å². The largest absolute Gasteiger partial charge is 0.453 e. The summed E-state index contributed by atoms with van der Waals surface area (Å²) >= 11 is 0. The van der Waals surface area contributed by atoms with Crippen molar-refractivity contribution in [3.05, 3.63) is 0 Å². The summed E-state index contributed by atoms with van der Waals surface area (Å²) in [5.74, 6) is 0.467. The molecule has 0 spiro atoms. The van der Waals surface area contributed by atoms with Crippen LogP contribution in [0.25, 0.3) is 0 Å². The van der Waals surface area contributed by atoms with Gasteiger partial charge in [0.25, 0.3) is 0 Å². The zero-order chi connectivity index (χ0) is 8.27. The first-order valence-electron chi connectivity index (χ1n) is 3.81. The molecule has 1 atom stereocenters. The molecule has 1 aliphatic heterocycles. The molecule has 1 amide bonds. The summed E-state index contributed by atoms with van der Waals surface area (Å²) in [6.07, 6.45) is 0.770. The lowest BCUT2D eigenvalue weighted by molar-refractivity contribution is 0.131. The molecule has 0 unspecified atom stereocenters. The van der Waals surface area contributed by atoms with Crippen molar-refractivity contribution in [1.82, 2.24) is 4.90 Å². The van der Waals surface area contributed by atoms with Crippen LogP contribution < -0.4 is 5.73 Å². The number of carbonyl (C=O) groups is 1. The Labute approximate surface area is 66.3 Å². The van der Waals surface area contributed by atoms with Gasteiger partial charge in [-0.25, -0.2) is 4.79 Å². The highest BCUT2D eigenvalue weighted by Crippen LogP contribution is 2.14. The van der Waals surface area contributed by atoms with Crippen LogP contribution >= 0.6 is 0 Å². The molecule has 0 aromatic carbocycles. The van der Waals surface area contributed by atoms with E-state index in [0.29, 0.717) is 12.5 Å². The Morgan fingerprint density at radius 1 is 1.82 bits per heavy atom. The number of ether oxygens (including phenoxy) is 1. The van der Waals surface area contributed by atoms with Crippen molar-refractivity contribution in [3.63, 3.8) is 0 Å². The minimum absolute atomic E-state index is 0.235. The third-order valence-corrected chi connectivity index (χ3v) is 2.05. The fraction of sp³-hybridized carbons (Fsp3) is 0.857. The van der Waals surface area contributed by atoms with E-state index in [1.165, 1.54) is 7.11 Å². The van der Waals surface area contributed by atoms with Crippen LogP contribution in [0.4, 0.5) is 4.79 Å². The molecule has 0 radical (unpaired) electrons. The van der Waals surface area contributed by atoms with Crippen LogP contribution in [0.15, 0.2) is 0 Å². The van der Waals surface area contributed by atoms with E-state index < -0.39 is 0 Å². The molecule has 0 bridgehead atoms. The molecular formula is C7H14N2O2. The maximum absolute atomic E-state index is 10.9. The monoisotopic (exact) mass is 158 g/mol. The highest BCUT2D eigenvalue weighted by Gasteiger charge is 2.25. The van der Waals surface area contributed by atoms with E-state index in [-0.39, 0.29) is 6.09 Å². The topological polar surface area (TPSA) is 55.6 Å². The lowest BCUT2D eigenvalue weighted by Gasteiger charge is -2.13. The van der Waals surface area contributed by atoms with E-state index in [1.807, 2.05) is 0 Å². The summed E-state index contributed by atoms with van der Waals surface area (Å²) in [4.78, 5) is 12.6. The standard InChI is InChI=1S/C7H14N2O2/c1-11-7(10)9-3-2-6(4-8)5-9/h6H,2-5,8H2,1H3/t6-/m1/s1. The van der Waals surface area contributed by atoms with Crippen molar-refractivity contribution in [2.45, 2.75) is 6.42 Å². The number of hydrogen-bond acceptors (Lipinski definition) is 3. The maximum atomic E-state index is 10.9. The van der Waals surface area contributed by atoms with Gasteiger partial charge in [-0.1, -0.05) is 0 Å². The van der Waals surface area contributed by atoms with Gasteiger partial charge in [-0.2, -0.15) is 0 Å². The zero-order valence-electron chi connectivity index (χ0n) is 6.75. The molecule has 0 aromatic rings. The van der Waals surface area contributed by atoms with Gasteiger partial charge in [0, 0.05) is 13.1 Å². The molecular weight excluding hydrogens is 144 g/mol. The third kappa shape index (κ3) is 1.83. The first-order valence-corrected chi connectivity index (χ1v) is 3.81. The Balaban J connectivity index is 2.35. The Hall–Kier alpha value is -0.770. The van der Waals surface area contributed by atoms with Crippen LogP contribution in [0.3, 0.4) is 0 Å². The zero-order valence-corrected chi connectivity index (χ0v) is 6.75. The molecule has 1 rings (SSSR count). The normalized spacial score (nSPS) is 23.8. The van der Waals surface area contributed by atoms with Gasteiger partial charge in [-0.05, 0) is 18.9 Å². The fourth-order valence-electron chi connectivity index (χ4n) is 1.32. The van der Waals surface area contributed by atoms with Crippen molar-refractivity contribution in [2.24, 2.45) is 11.7 Å². The molecule has 11 heavy (non-hydrogen) atoms. The summed E-state index contributed by atoms with van der Waals surface area (Å²) < 4.78 is 4.57. The second kappa shape index (κ2) is 3.57. The van der Waals surface area contributed by atoms with E-state index in [1.54, 1.807) is 4.90 Å².